The van der Waals surface area contributed by atoms with E-state index >= 15 is 0 Å². The zero-order chi connectivity index (χ0) is 13.5. The van der Waals surface area contributed by atoms with Gasteiger partial charge in [0.05, 0.1) is 17.1 Å². The monoisotopic (exact) mass is 270 g/mol. The third-order valence-corrected chi connectivity index (χ3v) is 3.04. The molecule has 1 atom stereocenters. The first-order chi connectivity index (χ1) is 8.52. The third kappa shape index (κ3) is 4.83. The van der Waals surface area contributed by atoms with Gasteiger partial charge in [0.1, 0.15) is 0 Å². The number of carbonyl (C=O) groups is 2. The predicted octanol–water partition coefficient (Wildman–Crippen LogP) is 1.45. The molecule has 0 aromatic carbocycles. The highest BCUT2D eigenvalue weighted by Crippen LogP contribution is 2.09. The first-order valence-corrected chi connectivity index (χ1v) is 6.79. The number of carbonyl (C=O) groups excluding carboxylic acids is 2. The van der Waals surface area contributed by atoms with Crippen molar-refractivity contribution in [1.29, 1.82) is 0 Å². The average Bonchev–Trinajstić information content (AvgIpc) is 2.71. The Hall–Kier alpha value is -1.43. The van der Waals surface area contributed by atoms with E-state index in [0.717, 1.165) is 11.4 Å². The summed E-state index contributed by atoms with van der Waals surface area (Å²) in [6.07, 6.45) is 0.198. The van der Waals surface area contributed by atoms with Gasteiger partial charge in [-0.1, -0.05) is 6.92 Å². The molecular weight excluding hydrogens is 252 g/mol. The van der Waals surface area contributed by atoms with E-state index in [1.54, 1.807) is 6.92 Å². The van der Waals surface area contributed by atoms with Crippen LogP contribution < -0.4 is 5.32 Å². The molecule has 1 aromatic heterocycles. The normalized spacial score (nSPS) is 11.9. The zero-order valence-electron chi connectivity index (χ0n) is 10.9. The van der Waals surface area contributed by atoms with E-state index in [2.05, 4.69) is 10.3 Å². The first kappa shape index (κ1) is 14.6. The number of nitrogens with one attached hydrogen (secondary N) is 1. The number of ether oxygens (including phenoxy) is 1. The molecular formula is C12H18N2O3S. The highest BCUT2D eigenvalue weighted by Gasteiger charge is 2.17. The Morgan fingerprint density at radius 1 is 1.56 bits per heavy atom. The highest BCUT2D eigenvalue weighted by molar-refractivity contribution is 7.09. The van der Waals surface area contributed by atoms with Crippen LogP contribution in [-0.2, 0) is 20.7 Å². The number of aromatic nitrogens is 1. The minimum atomic E-state index is -0.760. The maximum Gasteiger partial charge on any atom is 0.312 e. The minimum absolute atomic E-state index is 0.107. The molecule has 0 aliphatic rings. The van der Waals surface area contributed by atoms with Crippen LogP contribution in [0.4, 0.5) is 0 Å². The zero-order valence-corrected chi connectivity index (χ0v) is 11.7. The fourth-order valence-electron chi connectivity index (χ4n) is 1.32. The molecule has 1 rings (SSSR count). The Bertz CT molecular complexity index is 417. The molecule has 100 valence electrons. The maximum atomic E-state index is 11.6. The van der Waals surface area contributed by atoms with Gasteiger partial charge in [-0.2, -0.15) is 0 Å². The number of hydrogen-bond donors (Lipinski definition) is 1. The maximum absolute atomic E-state index is 11.6. The summed E-state index contributed by atoms with van der Waals surface area (Å²) in [5.41, 5.74) is 0.684. The Labute approximate surface area is 111 Å². The molecule has 0 aliphatic heterocycles. The predicted molar refractivity (Wildman–Crippen MR) is 69.4 cm³/mol. The summed E-state index contributed by atoms with van der Waals surface area (Å²) in [5.74, 6) is -0.695. The van der Waals surface area contributed by atoms with E-state index < -0.39 is 12.1 Å². The van der Waals surface area contributed by atoms with Gasteiger partial charge >= 0.3 is 5.97 Å². The smallest absolute Gasteiger partial charge is 0.312 e. The van der Waals surface area contributed by atoms with Gasteiger partial charge < -0.3 is 10.1 Å². The van der Waals surface area contributed by atoms with E-state index in [4.69, 9.17) is 4.74 Å². The molecule has 0 radical (unpaired) electrons. The first-order valence-electron chi connectivity index (χ1n) is 5.91. The molecule has 0 saturated heterocycles. The van der Waals surface area contributed by atoms with Gasteiger partial charge in [0.2, 0.25) is 0 Å². The summed E-state index contributed by atoms with van der Waals surface area (Å²) in [6.45, 7) is 5.99. The molecule has 1 amide bonds. The van der Waals surface area contributed by atoms with Gasteiger partial charge in [0.15, 0.2) is 6.10 Å². The fourth-order valence-corrected chi connectivity index (χ4v) is 1.93. The molecule has 6 heteroatoms. The van der Waals surface area contributed by atoms with Gasteiger partial charge in [0, 0.05) is 11.9 Å². The molecule has 5 nitrogen and oxygen atoms in total. The van der Waals surface area contributed by atoms with Crippen LogP contribution in [-0.4, -0.2) is 29.5 Å². The van der Waals surface area contributed by atoms with Crippen LogP contribution in [0.25, 0.3) is 0 Å². The summed E-state index contributed by atoms with van der Waals surface area (Å²) in [7, 11) is 0. The van der Waals surface area contributed by atoms with Gasteiger partial charge in [-0.25, -0.2) is 4.98 Å². The molecule has 0 saturated carbocycles. The molecule has 18 heavy (non-hydrogen) atoms. The summed E-state index contributed by atoms with van der Waals surface area (Å²) in [4.78, 5) is 27.2. The van der Waals surface area contributed by atoms with Crippen molar-refractivity contribution in [2.75, 3.05) is 6.54 Å². The summed E-state index contributed by atoms with van der Waals surface area (Å²) in [6, 6.07) is 0. The van der Waals surface area contributed by atoms with Crippen LogP contribution in [0, 0.1) is 6.92 Å². The molecule has 1 aromatic rings. The van der Waals surface area contributed by atoms with Crippen molar-refractivity contribution in [2.45, 2.75) is 39.7 Å². The van der Waals surface area contributed by atoms with Gasteiger partial charge in [-0.15, -0.1) is 11.3 Å². The SMILES string of the molecule is CCCNC(=O)C(C)OC(=O)Cc1csc(C)n1. The molecule has 0 bridgehead atoms. The van der Waals surface area contributed by atoms with E-state index in [1.165, 1.54) is 11.3 Å². The number of aryl methyl sites for hydroxylation is 1. The van der Waals surface area contributed by atoms with Crippen molar-refractivity contribution in [3.63, 3.8) is 0 Å². The van der Waals surface area contributed by atoms with Crippen molar-refractivity contribution in [1.82, 2.24) is 10.3 Å². The van der Waals surface area contributed by atoms with Gasteiger partial charge in [0.25, 0.3) is 5.91 Å². The topological polar surface area (TPSA) is 68.3 Å². The lowest BCUT2D eigenvalue weighted by Crippen LogP contribution is -2.36. The van der Waals surface area contributed by atoms with Crippen molar-refractivity contribution >= 4 is 23.2 Å². The standard InChI is InChI=1S/C12H18N2O3S/c1-4-5-13-12(16)8(2)17-11(15)6-10-7-18-9(3)14-10/h7-8H,4-6H2,1-3H3,(H,13,16). The summed E-state index contributed by atoms with van der Waals surface area (Å²) >= 11 is 1.48. The Morgan fingerprint density at radius 3 is 2.83 bits per heavy atom. The van der Waals surface area contributed by atoms with Crippen LogP contribution in [0.1, 0.15) is 31.0 Å². The number of hydrogen-bond acceptors (Lipinski definition) is 5. The van der Waals surface area contributed by atoms with E-state index in [1.807, 2.05) is 19.2 Å². The minimum Gasteiger partial charge on any atom is -0.452 e. The highest BCUT2D eigenvalue weighted by atomic mass is 32.1. The van der Waals surface area contributed by atoms with Crippen molar-refractivity contribution in [3.05, 3.63) is 16.1 Å². The van der Waals surface area contributed by atoms with Gasteiger partial charge in [-0.05, 0) is 20.3 Å². The lowest BCUT2D eigenvalue weighted by molar-refractivity contribution is -0.154. The summed E-state index contributed by atoms with van der Waals surface area (Å²) < 4.78 is 5.04. The van der Waals surface area contributed by atoms with E-state index in [0.29, 0.717) is 12.2 Å². The molecule has 0 aliphatic carbocycles. The fraction of sp³-hybridized carbons (Fsp3) is 0.583. The second-order valence-electron chi connectivity index (χ2n) is 3.96. The number of esters is 1. The Kier molecular flexibility index (Phi) is 5.77. The second-order valence-corrected chi connectivity index (χ2v) is 5.02. The molecule has 1 N–H and O–H groups in total. The van der Waals surface area contributed by atoms with Crippen molar-refractivity contribution in [3.8, 4) is 0 Å². The number of nitrogens with zero attached hydrogens (tertiary/aromatic N) is 1. The van der Waals surface area contributed by atoms with Crippen LogP contribution in [0.2, 0.25) is 0 Å². The number of amides is 1. The summed E-state index contributed by atoms with van der Waals surface area (Å²) in [5, 5.41) is 5.40. The third-order valence-electron chi connectivity index (χ3n) is 2.22. The van der Waals surface area contributed by atoms with Crippen LogP contribution >= 0.6 is 11.3 Å². The molecule has 1 unspecified atom stereocenters. The number of rotatable bonds is 6. The largest absolute Gasteiger partial charge is 0.452 e. The van der Waals surface area contributed by atoms with E-state index in [-0.39, 0.29) is 12.3 Å². The molecule has 0 fully saturated rings. The Balaban J connectivity index is 2.37. The number of thiazole rings is 1. The van der Waals surface area contributed by atoms with Gasteiger partial charge in [-0.3, -0.25) is 9.59 Å². The molecule has 0 spiro atoms. The Morgan fingerprint density at radius 2 is 2.28 bits per heavy atom. The van der Waals surface area contributed by atoms with Crippen molar-refractivity contribution < 1.29 is 14.3 Å². The van der Waals surface area contributed by atoms with Crippen LogP contribution in [0.3, 0.4) is 0 Å². The van der Waals surface area contributed by atoms with Crippen LogP contribution in [0.15, 0.2) is 5.38 Å². The van der Waals surface area contributed by atoms with Crippen LogP contribution in [0.5, 0.6) is 0 Å². The van der Waals surface area contributed by atoms with E-state index in [9.17, 15) is 9.59 Å². The lowest BCUT2D eigenvalue weighted by Gasteiger charge is -2.12. The quantitative estimate of drug-likeness (QED) is 0.794. The lowest BCUT2D eigenvalue weighted by atomic mass is 10.3. The van der Waals surface area contributed by atoms with Crippen molar-refractivity contribution in [2.24, 2.45) is 0 Å². The molecule has 1 heterocycles. The average molecular weight is 270 g/mol. The second kappa shape index (κ2) is 7.10.